The van der Waals surface area contributed by atoms with E-state index in [9.17, 15) is 26.4 Å². The van der Waals surface area contributed by atoms with E-state index in [1.165, 1.54) is 36.4 Å². The van der Waals surface area contributed by atoms with Crippen molar-refractivity contribution >= 4 is 15.7 Å². The van der Waals surface area contributed by atoms with Crippen molar-refractivity contribution < 1.29 is 31.1 Å². The Morgan fingerprint density at radius 3 is 2.12 bits per heavy atom. The molecule has 3 rings (SSSR count). The molecule has 0 bridgehead atoms. The van der Waals surface area contributed by atoms with Gasteiger partial charge in [0.25, 0.3) is 5.91 Å². The van der Waals surface area contributed by atoms with E-state index < -0.39 is 21.6 Å². The molecule has 1 aromatic heterocycles. The number of nitrogens with zero attached hydrogens (tertiary/aromatic N) is 1. The molecule has 0 fully saturated rings. The van der Waals surface area contributed by atoms with Crippen LogP contribution < -0.4 is 10.1 Å². The highest BCUT2D eigenvalue weighted by atomic mass is 32.2. The Kier molecular flexibility index (Phi) is 6.54. The van der Waals surface area contributed by atoms with Crippen LogP contribution in [0.25, 0.3) is 0 Å². The van der Waals surface area contributed by atoms with Gasteiger partial charge in [-0.3, -0.25) is 4.79 Å². The summed E-state index contributed by atoms with van der Waals surface area (Å²) in [6.45, 7) is 1.76. The normalized spacial score (nSPS) is 12.8. The van der Waals surface area contributed by atoms with Crippen molar-refractivity contribution in [2.75, 3.05) is 6.26 Å². The number of benzene rings is 2. The predicted octanol–water partition coefficient (Wildman–Crippen LogP) is 4.79. The van der Waals surface area contributed by atoms with Gasteiger partial charge in [-0.05, 0) is 55.0 Å². The average Bonchev–Trinajstić information content (AvgIpc) is 2.73. The lowest BCUT2D eigenvalue weighted by molar-refractivity contribution is -0.137. The predicted molar refractivity (Wildman–Crippen MR) is 111 cm³/mol. The van der Waals surface area contributed by atoms with E-state index in [0.717, 1.165) is 24.0 Å². The Bertz CT molecular complexity index is 1190. The maximum absolute atomic E-state index is 12.6. The minimum Gasteiger partial charge on any atom is -0.439 e. The summed E-state index contributed by atoms with van der Waals surface area (Å²) in [6, 6.07) is 13.9. The molecule has 0 radical (unpaired) electrons. The number of alkyl halides is 3. The van der Waals surface area contributed by atoms with Crippen molar-refractivity contribution in [3.63, 3.8) is 0 Å². The topological polar surface area (TPSA) is 85.4 Å². The van der Waals surface area contributed by atoms with Gasteiger partial charge in [0, 0.05) is 24.1 Å². The molecule has 0 saturated heterocycles. The number of ether oxygens (including phenoxy) is 1. The summed E-state index contributed by atoms with van der Waals surface area (Å²) in [5.74, 6) is -0.0662. The van der Waals surface area contributed by atoms with Crippen molar-refractivity contribution in [3.05, 3.63) is 83.6 Å². The fourth-order valence-electron chi connectivity index (χ4n) is 2.77. The zero-order chi connectivity index (χ0) is 23.5. The van der Waals surface area contributed by atoms with Crippen LogP contribution >= 0.6 is 0 Å². The van der Waals surface area contributed by atoms with Crippen molar-refractivity contribution in [1.29, 1.82) is 0 Å². The number of carbonyl (C=O) groups is 1. The number of nitrogens with one attached hydrogen (secondary N) is 1. The van der Waals surface area contributed by atoms with Crippen molar-refractivity contribution in [1.82, 2.24) is 10.3 Å². The number of halogens is 3. The summed E-state index contributed by atoms with van der Waals surface area (Å²) in [5.41, 5.74) is 0.202. The molecule has 1 N–H and O–H groups in total. The van der Waals surface area contributed by atoms with Crippen LogP contribution in [-0.2, 0) is 16.0 Å². The van der Waals surface area contributed by atoms with Crippen LogP contribution in [0, 0.1) is 0 Å². The molecule has 1 amide bonds. The molecule has 1 atom stereocenters. The second kappa shape index (κ2) is 8.99. The van der Waals surface area contributed by atoms with Gasteiger partial charge in [-0.25, -0.2) is 13.4 Å². The SMILES string of the molecule is CC(NC(=O)c1ccc(Oc2ccc(C(F)(F)F)cn2)cc1)c1ccc(S(C)(=O)=O)cc1. The third-order valence-electron chi connectivity index (χ3n) is 4.56. The Balaban J connectivity index is 1.62. The molecule has 6 nitrogen and oxygen atoms in total. The Morgan fingerprint density at radius 2 is 1.62 bits per heavy atom. The second-order valence-corrected chi connectivity index (χ2v) is 9.06. The second-order valence-electron chi connectivity index (χ2n) is 7.05. The van der Waals surface area contributed by atoms with Crippen LogP contribution in [-0.4, -0.2) is 25.6 Å². The lowest BCUT2D eigenvalue weighted by Crippen LogP contribution is -2.26. The highest BCUT2D eigenvalue weighted by Crippen LogP contribution is 2.30. The zero-order valence-electron chi connectivity index (χ0n) is 17.1. The lowest BCUT2D eigenvalue weighted by Gasteiger charge is -2.15. The first-order valence-corrected chi connectivity index (χ1v) is 11.2. The zero-order valence-corrected chi connectivity index (χ0v) is 17.9. The number of amides is 1. The van der Waals surface area contributed by atoms with Crippen LogP contribution in [0.1, 0.15) is 34.5 Å². The largest absolute Gasteiger partial charge is 0.439 e. The minimum atomic E-state index is -4.48. The van der Waals surface area contributed by atoms with Gasteiger partial charge in [0.05, 0.1) is 16.5 Å². The van der Waals surface area contributed by atoms with Gasteiger partial charge < -0.3 is 10.1 Å². The van der Waals surface area contributed by atoms with E-state index in [0.29, 0.717) is 17.5 Å². The van der Waals surface area contributed by atoms with E-state index in [2.05, 4.69) is 10.3 Å². The first kappa shape index (κ1) is 23.3. The number of hydrogen-bond donors (Lipinski definition) is 1. The third-order valence-corrected chi connectivity index (χ3v) is 5.69. The van der Waals surface area contributed by atoms with Crippen molar-refractivity contribution in [2.24, 2.45) is 0 Å². The fourth-order valence-corrected chi connectivity index (χ4v) is 3.40. The average molecular weight is 464 g/mol. The van der Waals surface area contributed by atoms with E-state index in [-0.39, 0.29) is 22.7 Å². The standard InChI is InChI=1S/C22H19F3N2O4S/c1-14(15-5-10-19(11-6-15)32(2,29)30)27-21(28)16-3-8-18(9-4-16)31-20-12-7-17(13-26-20)22(23,24)25/h3-14H,1-2H3,(H,27,28). The smallest absolute Gasteiger partial charge is 0.417 e. The van der Waals surface area contributed by atoms with Gasteiger partial charge in [0.15, 0.2) is 9.84 Å². The summed E-state index contributed by atoms with van der Waals surface area (Å²) >= 11 is 0. The van der Waals surface area contributed by atoms with Gasteiger partial charge in [0.1, 0.15) is 5.75 Å². The maximum atomic E-state index is 12.6. The van der Waals surface area contributed by atoms with E-state index >= 15 is 0 Å². The van der Waals surface area contributed by atoms with Gasteiger partial charge in [0.2, 0.25) is 5.88 Å². The molecule has 168 valence electrons. The van der Waals surface area contributed by atoms with Gasteiger partial charge >= 0.3 is 6.18 Å². The summed E-state index contributed by atoms with van der Waals surface area (Å²) in [4.78, 5) is 16.3. The molecule has 0 saturated carbocycles. The molecule has 1 unspecified atom stereocenters. The highest BCUT2D eigenvalue weighted by Gasteiger charge is 2.30. The molecule has 2 aromatic carbocycles. The number of aromatic nitrogens is 1. The molecular weight excluding hydrogens is 445 g/mol. The first-order valence-electron chi connectivity index (χ1n) is 9.35. The third kappa shape index (κ3) is 5.85. The monoisotopic (exact) mass is 464 g/mol. The van der Waals surface area contributed by atoms with Crippen molar-refractivity contribution in [2.45, 2.75) is 24.0 Å². The van der Waals surface area contributed by atoms with Crippen molar-refractivity contribution in [3.8, 4) is 11.6 Å². The van der Waals surface area contributed by atoms with Gasteiger partial charge in [-0.2, -0.15) is 13.2 Å². The molecular formula is C22H19F3N2O4S. The van der Waals surface area contributed by atoms with E-state index in [1.807, 2.05) is 0 Å². The number of carbonyl (C=O) groups excluding carboxylic acids is 1. The van der Waals surface area contributed by atoms with E-state index in [1.54, 1.807) is 19.1 Å². The Hall–Kier alpha value is -3.40. The molecule has 3 aromatic rings. The summed E-state index contributed by atoms with van der Waals surface area (Å²) in [5, 5.41) is 2.81. The van der Waals surface area contributed by atoms with Gasteiger partial charge in [-0.15, -0.1) is 0 Å². The minimum absolute atomic E-state index is 0.0126. The first-order chi connectivity index (χ1) is 14.9. The number of sulfone groups is 1. The van der Waals surface area contributed by atoms with Crippen LogP contribution in [0.5, 0.6) is 11.6 Å². The number of pyridine rings is 1. The van der Waals surface area contributed by atoms with Crippen LogP contribution in [0.15, 0.2) is 71.8 Å². The molecule has 0 aliphatic carbocycles. The molecule has 1 heterocycles. The van der Waals surface area contributed by atoms with Crippen LogP contribution in [0.3, 0.4) is 0 Å². The van der Waals surface area contributed by atoms with Crippen LogP contribution in [0.4, 0.5) is 13.2 Å². The number of rotatable bonds is 6. The summed E-state index contributed by atoms with van der Waals surface area (Å²) in [6.07, 6.45) is -2.68. The fraction of sp³-hybridized carbons (Fsp3) is 0.182. The molecule has 10 heteroatoms. The molecule has 32 heavy (non-hydrogen) atoms. The van der Waals surface area contributed by atoms with Crippen LogP contribution in [0.2, 0.25) is 0 Å². The molecule has 0 aliphatic rings. The maximum Gasteiger partial charge on any atom is 0.417 e. The summed E-state index contributed by atoms with van der Waals surface area (Å²) < 4.78 is 66.3. The Morgan fingerprint density at radius 1 is 1.00 bits per heavy atom. The molecule has 0 spiro atoms. The highest BCUT2D eigenvalue weighted by molar-refractivity contribution is 7.90. The quantitative estimate of drug-likeness (QED) is 0.567. The Labute approximate surface area is 183 Å². The summed E-state index contributed by atoms with van der Waals surface area (Å²) in [7, 11) is -3.30. The lowest BCUT2D eigenvalue weighted by atomic mass is 10.1. The van der Waals surface area contributed by atoms with Gasteiger partial charge in [-0.1, -0.05) is 12.1 Å². The number of hydrogen-bond acceptors (Lipinski definition) is 5. The molecule has 0 aliphatic heterocycles. The van der Waals surface area contributed by atoms with E-state index in [4.69, 9.17) is 4.74 Å².